The second kappa shape index (κ2) is 5.79. The van der Waals surface area contributed by atoms with Gasteiger partial charge in [0.05, 0.1) is 12.5 Å². The number of hydrogen-bond donors (Lipinski definition) is 5. The van der Waals surface area contributed by atoms with Gasteiger partial charge in [0.15, 0.2) is 11.5 Å². The fourth-order valence-corrected chi connectivity index (χ4v) is 2.59. The highest BCUT2D eigenvalue weighted by atomic mass is 16.6. The van der Waals surface area contributed by atoms with Crippen molar-refractivity contribution in [1.82, 2.24) is 5.32 Å². The number of fused-ring (bicyclic) bond motifs is 1. The molecular formula is C14H19NO6. The maximum atomic E-state index is 11.1. The lowest BCUT2D eigenvalue weighted by Crippen LogP contribution is -2.52. The fraction of sp³-hybridized carbons (Fsp3) is 0.500. The van der Waals surface area contributed by atoms with Crippen molar-refractivity contribution in [2.75, 3.05) is 0 Å². The van der Waals surface area contributed by atoms with E-state index in [0.717, 1.165) is 0 Å². The van der Waals surface area contributed by atoms with Gasteiger partial charge in [-0.2, -0.15) is 0 Å². The second-order valence-electron chi connectivity index (χ2n) is 5.41. The molecule has 5 N–H and O–H groups in total. The lowest BCUT2D eigenvalue weighted by atomic mass is 9.84. The molecule has 1 heterocycles. The number of rotatable bonds is 4. The Bertz CT molecular complexity index is 545. The van der Waals surface area contributed by atoms with Gasteiger partial charge in [-0.05, 0) is 6.07 Å². The Kier molecular flexibility index (Phi) is 4.24. The van der Waals surface area contributed by atoms with Gasteiger partial charge in [-0.15, -0.1) is 0 Å². The molecular weight excluding hydrogens is 278 g/mol. The Hall–Kier alpha value is -1.99. The summed E-state index contributed by atoms with van der Waals surface area (Å²) in [5.41, 5.74) is 0.441. The quantitative estimate of drug-likeness (QED) is 0.520. The molecule has 0 aromatic heterocycles. The number of aliphatic carboxylic acids is 1. The van der Waals surface area contributed by atoms with Gasteiger partial charge >= 0.3 is 5.97 Å². The SMILES string of the molecule is CC(C)N[C@H]1C(CC(=O)O)c2ccc(O)c(O)c2O[C@H]1O. The van der Waals surface area contributed by atoms with Gasteiger partial charge in [-0.1, -0.05) is 19.9 Å². The Labute approximate surface area is 121 Å². The number of aromatic hydroxyl groups is 2. The van der Waals surface area contributed by atoms with E-state index < -0.39 is 30.0 Å². The van der Waals surface area contributed by atoms with Crippen LogP contribution in [0, 0.1) is 0 Å². The number of ether oxygens (including phenoxy) is 1. The maximum absolute atomic E-state index is 11.1. The average Bonchev–Trinajstić information content (AvgIpc) is 2.38. The van der Waals surface area contributed by atoms with Crippen LogP contribution in [0.5, 0.6) is 17.2 Å². The summed E-state index contributed by atoms with van der Waals surface area (Å²) in [6, 6.07) is 2.16. The third-order valence-electron chi connectivity index (χ3n) is 3.44. The van der Waals surface area contributed by atoms with Gasteiger partial charge in [-0.25, -0.2) is 0 Å². The van der Waals surface area contributed by atoms with Gasteiger partial charge in [-0.3, -0.25) is 4.79 Å². The van der Waals surface area contributed by atoms with Crippen LogP contribution in [-0.4, -0.2) is 44.8 Å². The number of phenolic OH excluding ortho intramolecular Hbond substituents is 2. The van der Waals surface area contributed by atoms with Gasteiger partial charge in [0.1, 0.15) is 0 Å². The third kappa shape index (κ3) is 3.03. The normalized spacial score (nSPS) is 24.5. The number of phenols is 2. The minimum atomic E-state index is -1.32. The molecule has 1 unspecified atom stereocenters. The van der Waals surface area contributed by atoms with Crippen LogP contribution in [0.25, 0.3) is 0 Å². The van der Waals surface area contributed by atoms with Crippen LogP contribution in [0.2, 0.25) is 0 Å². The Balaban J connectivity index is 2.47. The van der Waals surface area contributed by atoms with E-state index in [1.807, 2.05) is 13.8 Å². The molecule has 0 spiro atoms. The van der Waals surface area contributed by atoms with E-state index in [2.05, 4.69) is 5.32 Å². The van der Waals surface area contributed by atoms with E-state index in [0.29, 0.717) is 5.56 Å². The minimum Gasteiger partial charge on any atom is -0.504 e. The summed E-state index contributed by atoms with van der Waals surface area (Å²) < 4.78 is 5.26. The summed E-state index contributed by atoms with van der Waals surface area (Å²) in [5, 5.41) is 41.6. The number of carboxylic acid groups (broad SMARTS) is 1. The second-order valence-corrected chi connectivity index (χ2v) is 5.41. The van der Waals surface area contributed by atoms with E-state index in [-0.39, 0.29) is 24.0 Å². The molecule has 0 amide bonds. The molecule has 0 bridgehead atoms. The van der Waals surface area contributed by atoms with Crippen molar-refractivity contribution < 1.29 is 30.0 Å². The number of hydrogen-bond acceptors (Lipinski definition) is 6. The maximum Gasteiger partial charge on any atom is 0.304 e. The van der Waals surface area contributed by atoms with E-state index in [4.69, 9.17) is 9.84 Å². The van der Waals surface area contributed by atoms with Crippen molar-refractivity contribution in [3.05, 3.63) is 17.7 Å². The number of carboxylic acids is 1. The van der Waals surface area contributed by atoms with Crippen LogP contribution in [0.3, 0.4) is 0 Å². The molecule has 0 saturated heterocycles. The molecule has 0 radical (unpaired) electrons. The highest BCUT2D eigenvalue weighted by molar-refractivity contribution is 5.69. The lowest BCUT2D eigenvalue weighted by Gasteiger charge is -2.38. The van der Waals surface area contributed by atoms with Crippen LogP contribution in [0.1, 0.15) is 31.7 Å². The minimum absolute atomic E-state index is 0.0109. The highest BCUT2D eigenvalue weighted by Gasteiger charge is 2.40. The van der Waals surface area contributed by atoms with Crippen molar-refractivity contribution >= 4 is 5.97 Å². The Morgan fingerprint density at radius 2 is 2.05 bits per heavy atom. The van der Waals surface area contributed by atoms with Crippen molar-refractivity contribution in [2.45, 2.75) is 44.6 Å². The Morgan fingerprint density at radius 1 is 1.38 bits per heavy atom. The van der Waals surface area contributed by atoms with Crippen molar-refractivity contribution in [2.24, 2.45) is 0 Å². The van der Waals surface area contributed by atoms with Gasteiger partial charge in [0.2, 0.25) is 12.0 Å². The average molecular weight is 297 g/mol. The molecule has 7 nitrogen and oxygen atoms in total. The van der Waals surface area contributed by atoms with Crippen molar-refractivity contribution in [1.29, 1.82) is 0 Å². The Morgan fingerprint density at radius 3 is 2.62 bits per heavy atom. The number of benzene rings is 1. The van der Waals surface area contributed by atoms with Crippen LogP contribution in [0.15, 0.2) is 12.1 Å². The first-order valence-electron chi connectivity index (χ1n) is 6.68. The summed E-state index contributed by atoms with van der Waals surface area (Å²) >= 11 is 0. The smallest absolute Gasteiger partial charge is 0.304 e. The van der Waals surface area contributed by atoms with Gasteiger partial charge in [0, 0.05) is 17.5 Å². The topological polar surface area (TPSA) is 119 Å². The molecule has 1 aromatic rings. The monoisotopic (exact) mass is 297 g/mol. The van der Waals surface area contributed by atoms with Gasteiger partial charge in [0.25, 0.3) is 0 Å². The summed E-state index contributed by atoms with van der Waals surface area (Å²) in [5.74, 6) is -2.57. The van der Waals surface area contributed by atoms with Crippen molar-refractivity contribution in [3.8, 4) is 17.2 Å². The molecule has 21 heavy (non-hydrogen) atoms. The summed E-state index contributed by atoms with van der Waals surface area (Å²) in [4.78, 5) is 11.1. The first-order chi connectivity index (χ1) is 9.81. The molecule has 0 saturated carbocycles. The molecule has 0 fully saturated rings. The van der Waals surface area contributed by atoms with Crippen LogP contribution < -0.4 is 10.1 Å². The molecule has 0 aliphatic carbocycles. The van der Waals surface area contributed by atoms with E-state index in [1.165, 1.54) is 12.1 Å². The van der Waals surface area contributed by atoms with Crippen molar-refractivity contribution in [3.63, 3.8) is 0 Å². The van der Waals surface area contributed by atoms with Crippen LogP contribution >= 0.6 is 0 Å². The summed E-state index contributed by atoms with van der Waals surface area (Å²) in [7, 11) is 0. The molecule has 2 rings (SSSR count). The molecule has 3 atom stereocenters. The van der Waals surface area contributed by atoms with E-state index in [1.54, 1.807) is 0 Å². The predicted molar refractivity (Wildman–Crippen MR) is 73.5 cm³/mol. The fourth-order valence-electron chi connectivity index (χ4n) is 2.59. The number of nitrogens with one attached hydrogen (secondary N) is 1. The molecule has 116 valence electrons. The zero-order valence-corrected chi connectivity index (χ0v) is 11.8. The largest absolute Gasteiger partial charge is 0.504 e. The standard InChI is InChI=1S/C14H19NO6/c1-6(2)15-11-8(5-10(17)18)7-3-4-9(16)12(19)13(7)21-14(11)20/h3-4,6,8,11,14-16,19-20H,5H2,1-2H3,(H,17,18)/t8?,11-,14+/m0/s1. The third-order valence-corrected chi connectivity index (χ3v) is 3.44. The number of carbonyl (C=O) groups is 1. The molecule has 1 aliphatic rings. The predicted octanol–water partition coefficient (Wildman–Crippen LogP) is 0.733. The summed E-state index contributed by atoms with van der Waals surface area (Å²) in [6.07, 6.45) is -1.56. The zero-order chi connectivity index (χ0) is 15.7. The van der Waals surface area contributed by atoms with E-state index in [9.17, 15) is 20.1 Å². The first-order valence-corrected chi connectivity index (χ1v) is 6.68. The number of aliphatic hydroxyl groups is 1. The van der Waals surface area contributed by atoms with E-state index >= 15 is 0 Å². The molecule has 1 aromatic carbocycles. The summed E-state index contributed by atoms with van der Waals surface area (Å²) in [6.45, 7) is 3.74. The molecule has 1 aliphatic heterocycles. The van der Waals surface area contributed by atoms with Crippen LogP contribution in [0.4, 0.5) is 0 Å². The van der Waals surface area contributed by atoms with Crippen LogP contribution in [-0.2, 0) is 4.79 Å². The molecule has 7 heteroatoms. The number of aliphatic hydroxyl groups excluding tert-OH is 1. The highest BCUT2D eigenvalue weighted by Crippen LogP contribution is 2.46. The van der Waals surface area contributed by atoms with Gasteiger partial charge < -0.3 is 30.5 Å². The lowest BCUT2D eigenvalue weighted by molar-refractivity contribution is -0.138. The zero-order valence-electron chi connectivity index (χ0n) is 11.8. The first kappa shape index (κ1) is 15.4.